The van der Waals surface area contributed by atoms with Crippen LogP contribution >= 0.6 is 24.4 Å². The second kappa shape index (κ2) is 10.9. The molecule has 2 N–H and O–H groups in total. The second-order valence-corrected chi connectivity index (χ2v) is 8.55. The molecule has 0 saturated heterocycles. The van der Waals surface area contributed by atoms with E-state index in [1.165, 1.54) is 38.5 Å². The maximum atomic E-state index is 12.2. The zero-order valence-corrected chi connectivity index (χ0v) is 18.1. The lowest BCUT2D eigenvalue weighted by Gasteiger charge is -2.30. The zero-order valence-electron chi connectivity index (χ0n) is 16.5. The minimum absolute atomic E-state index is 0.255. The van der Waals surface area contributed by atoms with Gasteiger partial charge in [0.05, 0.1) is 9.98 Å². The number of thiocarbonyl (C=S) groups is 2. The first kappa shape index (κ1) is 22.0. The van der Waals surface area contributed by atoms with Crippen molar-refractivity contribution in [3.63, 3.8) is 0 Å². The van der Waals surface area contributed by atoms with Crippen molar-refractivity contribution in [2.24, 2.45) is 11.8 Å². The van der Waals surface area contributed by atoms with Crippen LogP contribution in [0.15, 0.2) is 0 Å². The van der Waals surface area contributed by atoms with Gasteiger partial charge in [-0.2, -0.15) is 0 Å². The number of hydrogen-bond acceptors (Lipinski definition) is 4. The molecule has 2 rings (SSSR count). The highest BCUT2D eigenvalue weighted by Gasteiger charge is 2.24. The Bertz CT molecular complexity index is 510. The number of nitrogens with zero attached hydrogens (tertiary/aromatic N) is 2. The fraction of sp³-hybridized carbons (Fsp3) is 0.789. The Kier molecular flexibility index (Phi) is 8.89. The predicted molar refractivity (Wildman–Crippen MR) is 115 cm³/mol. The summed E-state index contributed by atoms with van der Waals surface area (Å²) < 4.78 is 0. The van der Waals surface area contributed by atoms with E-state index in [0.717, 1.165) is 35.7 Å². The van der Waals surface area contributed by atoms with Gasteiger partial charge in [0.2, 0.25) is 11.8 Å². The van der Waals surface area contributed by atoms with Crippen LogP contribution in [0.1, 0.15) is 70.6 Å². The normalized spacial score (nSPS) is 18.4. The SMILES string of the molecule is CN(NC(=O)CC(=O)NN(C)C(=S)C1CCCCC1)C(=S)C1CCCCC1. The van der Waals surface area contributed by atoms with Crippen molar-refractivity contribution in [3.05, 3.63) is 0 Å². The van der Waals surface area contributed by atoms with E-state index in [2.05, 4.69) is 10.9 Å². The van der Waals surface area contributed by atoms with Crippen LogP contribution in [0.2, 0.25) is 0 Å². The van der Waals surface area contributed by atoms with E-state index >= 15 is 0 Å². The van der Waals surface area contributed by atoms with Crippen molar-refractivity contribution in [1.29, 1.82) is 0 Å². The second-order valence-electron chi connectivity index (χ2n) is 7.71. The summed E-state index contributed by atoms with van der Waals surface area (Å²) in [6, 6.07) is 0. The van der Waals surface area contributed by atoms with Crippen molar-refractivity contribution in [1.82, 2.24) is 20.9 Å². The molecule has 27 heavy (non-hydrogen) atoms. The van der Waals surface area contributed by atoms with E-state index in [4.69, 9.17) is 24.4 Å². The summed E-state index contributed by atoms with van der Waals surface area (Å²) in [6.45, 7) is 0. The van der Waals surface area contributed by atoms with Gasteiger partial charge >= 0.3 is 0 Å². The van der Waals surface area contributed by atoms with Crippen molar-refractivity contribution >= 4 is 46.2 Å². The number of amides is 2. The molecule has 0 atom stereocenters. The van der Waals surface area contributed by atoms with Gasteiger partial charge in [-0.1, -0.05) is 63.0 Å². The third kappa shape index (κ3) is 6.99. The highest BCUT2D eigenvalue weighted by molar-refractivity contribution is 7.80. The van der Waals surface area contributed by atoms with Crippen molar-refractivity contribution in [2.75, 3.05) is 14.1 Å². The quantitative estimate of drug-likeness (QED) is 0.420. The van der Waals surface area contributed by atoms with Gasteiger partial charge in [-0.05, 0) is 25.7 Å². The van der Waals surface area contributed by atoms with Gasteiger partial charge < -0.3 is 0 Å². The van der Waals surface area contributed by atoms with Crippen LogP contribution < -0.4 is 10.9 Å². The lowest BCUT2D eigenvalue weighted by molar-refractivity contribution is -0.132. The lowest BCUT2D eigenvalue weighted by atomic mass is 9.89. The van der Waals surface area contributed by atoms with E-state index in [-0.39, 0.29) is 18.2 Å². The monoisotopic (exact) mass is 412 g/mol. The highest BCUT2D eigenvalue weighted by Crippen LogP contribution is 2.26. The maximum Gasteiger partial charge on any atom is 0.248 e. The van der Waals surface area contributed by atoms with E-state index in [0.29, 0.717) is 11.8 Å². The molecule has 2 fully saturated rings. The Morgan fingerprint density at radius 1 is 0.741 bits per heavy atom. The summed E-state index contributed by atoms with van der Waals surface area (Å²) in [5, 5.41) is 3.19. The molecule has 0 aliphatic heterocycles. The molecule has 0 bridgehead atoms. The summed E-state index contributed by atoms with van der Waals surface area (Å²) >= 11 is 11.0. The molecule has 0 radical (unpaired) electrons. The minimum atomic E-state index is -0.370. The molecule has 0 unspecified atom stereocenters. The molecule has 2 amide bonds. The van der Waals surface area contributed by atoms with Crippen molar-refractivity contribution in [2.45, 2.75) is 70.6 Å². The molecular formula is C19H32N4O2S2. The average Bonchev–Trinajstić information content (AvgIpc) is 2.67. The molecule has 2 aliphatic rings. The number of carbonyl (C=O) groups is 2. The fourth-order valence-electron chi connectivity index (χ4n) is 3.96. The molecule has 8 heteroatoms. The largest absolute Gasteiger partial charge is 0.282 e. The van der Waals surface area contributed by atoms with E-state index in [1.807, 2.05) is 0 Å². The van der Waals surface area contributed by atoms with E-state index < -0.39 is 0 Å². The number of hydrogen-bond donors (Lipinski definition) is 2. The third-order valence-electron chi connectivity index (χ3n) is 5.48. The Labute approximate surface area is 173 Å². The molecule has 0 aromatic rings. The summed E-state index contributed by atoms with van der Waals surface area (Å²) in [5.41, 5.74) is 5.43. The van der Waals surface area contributed by atoms with Gasteiger partial charge in [0.15, 0.2) is 0 Å². The average molecular weight is 413 g/mol. The fourth-order valence-corrected chi connectivity index (χ4v) is 4.52. The maximum absolute atomic E-state index is 12.2. The topological polar surface area (TPSA) is 64.7 Å². The van der Waals surface area contributed by atoms with Crippen molar-refractivity contribution in [3.8, 4) is 0 Å². The summed E-state index contributed by atoms with van der Waals surface area (Å²) in [5.74, 6) is -0.0611. The standard InChI is InChI=1S/C19H32N4O2S2/c1-22(18(26)14-9-5-3-6-10-14)20-16(24)13-17(25)21-23(2)19(27)15-11-7-4-8-12-15/h14-15H,3-13H2,1-2H3,(H,20,24)(H,21,25). The van der Waals surface area contributed by atoms with Crippen LogP contribution in [-0.2, 0) is 9.59 Å². The van der Waals surface area contributed by atoms with Crippen LogP contribution in [0.3, 0.4) is 0 Å². The van der Waals surface area contributed by atoms with Gasteiger partial charge in [-0.15, -0.1) is 0 Å². The first-order valence-corrected chi connectivity index (χ1v) is 10.8. The van der Waals surface area contributed by atoms with Gasteiger partial charge in [0.25, 0.3) is 0 Å². The molecule has 6 nitrogen and oxygen atoms in total. The Balaban J connectivity index is 1.73. The summed E-state index contributed by atoms with van der Waals surface area (Å²) in [6.07, 6.45) is 11.3. The smallest absolute Gasteiger partial charge is 0.248 e. The van der Waals surface area contributed by atoms with Crippen LogP contribution in [-0.4, -0.2) is 45.9 Å². The Morgan fingerprint density at radius 2 is 1.07 bits per heavy atom. The van der Waals surface area contributed by atoms with Crippen LogP contribution in [0.5, 0.6) is 0 Å². The Hall–Kier alpha value is -1.28. The van der Waals surface area contributed by atoms with Crippen LogP contribution in [0.4, 0.5) is 0 Å². The van der Waals surface area contributed by atoms with Gasteiger partial charge in [-0.25, -0.2) is 0 Å². The molecule has 0 aromatic heterocycles. The Morgan fingerprint density at radius 3 is 1.41 bits per heavy atom. The van der Waals surface area contributed by atoms with E-state index in [9.17, 15) is 9.59 Å². The van der Waals surface area contributed by atoms with Gasteiger partial charge in [-0.3, -0.25) is 30.5 Å². The molecule has 0 spiro atoms. The van der Waals surface area contributed by atoms with Crippen LogP contribution in [0, 0.1) is 11.8 Å². The molecule has 152 valence electrons. The number of rotatable bonds is 4. The lowest BCUT2D eigenvalue weighted by Crippen LogP contribution is -2.49. The molecule has 0 aromatic carbocycles. The third-order valence-corrected chi connectivity index (χ3v) is 6.69. The molecular weight excluding hydrogens is 380 g/mol. The van der Waals surface area contributed by atoms with E-state index in [1.54, 1.807) is 24.1 Å². The molecule has 2 saturated carbocycles. The number of nitrogens with one attached hydrogen (secondary N) is 2. The molecule has 0 heterocycles. The summed E-state index contributed by atoms with van der Waals surface area (Å²) in [7, 11) is 3.49. The number of carbonyl (C=O) groups excluding carboxylic acids is 2. The predicted octanol–water partition coefficient (Wildman–Crippen LogP) is 3.12. The number of hydrazine groups is 2. The van der Waals surface area contributed by atoms with Crippen LogP contribution in [0.25, 0.3) is 0 Å². The first-order valence-electron chi connectivity index (χ1n) is 10.0. The van der Waals surface area contributed by atoms with Gasteiger partial charge in [0.1, 0.15) is 6.42 Å². The van der Waals surface area contributed by atoms with Gasteiger partial charge in [0, 0.05) is 25.9 Å². The molecule has 2 aliphatic carbocycles. The van der Waals surface area contributed by atoms with Crippen molar-refractivity contribution < 1.29 is 9.59 Å². The first-order chi connectivity index (χ1) is 12.9. The highest BCUT2D eigenvalue weighted by atomic mass is 32.1. The zero-order chi connectivity index (χ0) is 19.8. The summed E-state index contributed by atoms with van der Waals surface area (Å²) in [4.78, 5) is 25.9. The minimum Gasteiger partial charge on any atom is -0.282 e.